The molecular formula is C30H46N2O2. The van der Waals surface area contributed by atoms with Crippen LogP contribution in [-0.4, -0.2) is 20.0 Å². The first-order valence-corrected chi connectivity index (χ1v) is 12.5. The van der Waals surface area contributed by atoms with Crippen molar-refractivity contribution in [3.05, 3.63) is 63.9 Å². The van der Waals surface area contributed by atoms with Crippen LogP contribution >= 0.6 is 0 Å². The second-order valence-electron chi connectivity index (χ2n) is 8.58. The molecule has 0 aliphatic heterocycles. The molecule has 0 spiro atoms. The molecule has 2 aromatic rings. The molecule has 188 valence electrons. The maximum atomic E-state index is 12.7. The Labute approximate surface area is 209 Å². The van der Waals surface area contributed by atoms with Crippen LogP contribution in [0.1, 0.15) is 96.0 Å². The van der Waals surface area contributed by atoms with Crippen molar-refractivity contribution in [3.63, 3.8) is 0 Å². The number of benzene rings is 2. The van der Waals surface area contributed by atoms with Crippen molar-refractivity contribution in [3.8, 4) is 11.8 Å². The average Bonchev–Trinajstić information content (AvgIpc) is 2.80. The van der Waals surface area contributed by atoms with Crippen LogP contribution in [-0.2, 0) is 4.79 Å². The number of carbonyl (C=O) groups excluding carboxylic acids is 1. The highest BCUT2D eigenvalue weighted by molar-refractivity contribution is 5.93. The van der Waals surface area contributed by atoms with Gasteiger partial charge in [-0.2, -0.15) is 0 Å². The van der Waals surface area contributed by atoms with Crippen LogP contribution in [0.5, 0.6) is 0 Å². The fourth-order valence-electron chi connectivity index (χ4n) is 3.57. The molecule has 2 rings (SSSR count). The number of amides is 1. The largest absolute Gasteiger partial charge is 0.628 e. The average molecular weight is 467 g/mol. The van der Waals surface area contributed by atoms with E-state index in [1.165, 1.54) is 12.8 Å². The zero-order valence-corrected chi connectivity index (χ0v) is 23.4. The fourth-order valence-corrected chi connectivity index (χ4v) is 3.57. The maximum absolute atomic E-state index is 12.7. The number of unbranched alkanes of at least 4 members (excludes halogenated alkanes) is 1. The number of quaternary nitrogens is 1. The summed E-state index contributed by atoms with van der Waals surface area (Å²) in [6.45, 7) is 17.8. The number of aryl methyl sites for hydroxylation is 2. The minimum Gasteiger partial charge on any atom is -0.628 e. The highest BCUT2D eigenvalue weighted by Crippen LogP contribution is 2.36. The van der Waals surface area contributed by atoms with Gasteiger partial charge in [-0.25, -0.2) is 0 Å². The second-order valence-corrected chi connectivity index (χ2v) is 8.58. The summed E-state index contributed by atoms with van der Waals surface area (Å²) in [6.07, 6.45) is 3.42. The first-order chi connectivity index (χ1) is 16.0. The SMILES string of the molecule is CC.CCC#Cc1ccccc1[C@@H](C)N(C(C)=O)c1cc(C)c([N+](C)(C)[O-])cc1C.CCCC. The molecular weight excluding hydrogens is 420 g/mol. The molecule has 1 atom stereocenters. The highest BCUT2D eigenvalue weighted by Gasteiger charge is 2.25. The van der Waals surface area contributed by atoms with Crippen molar-refractivity contribution in [2.75, 3.05) is 19.0 Å². The lowest BCUT2D eigenvalue weighted by molar-refractivity contribution is -0.117. The van der Waals surface area contributed by atoms with Gasteiger partial charge in [0.15, 0.2) is 0 Å². The van der Waals surface area contributed by atoms with Crippen LogP contribution < -0.4 is 9.55 Å². The minimum atomic E-state index is -0.502. The molecule has 0 bridgehead atoms. The lowest BCUT2D eigenvalue weighted by atomic mass is 9.98. The summed E-state index contributed by atoms with van der Waals surface area (Å²) >= 11 is 0. The Morgan fingerprint density at radius 1 is 1.03 bits per heavy atom. The normalized spacial score (nSPS) is 11.1. The van der Waals surface area contributed by atoms with Crippen molar-refractivity contribution >= 4 is 17.3 Å². The zero-order valence-electron chi connectivity index (χ0n) is 23.4. The van der Waals surface area contributed by atoms with E-state index < -0.39 is 4.65 Å². The van der Waals surface area contributed by atoms with Gasteiger partial charge in [0.2, 0.25) is 5.91 Å². The second kappa shape index (κ2) is 15.3. The molecule has 0 saturated heterocycles. The molecule has 0 saturated carbocycles. The Kier molecular flexibility index (Phi) is 14.1. The Morgan fingerprint density at radius 2 is 1.59 bits per heavy atom. The number of hydrogen-bond donors (Lipinski definition) is 0. The van der Waals surface area contributed by atoms with E-state index in [0.29, 0.717) is 5.69 Å². The zero-order chi connectivity index (χ0) is 26.5. The minimum absolute atomic E-state index is 0.0446. The van der Waals surface area contributed by atoms with E-state index in [2.05, 4.69) is 25.7 Å². The first-order valence-electron chi connectivity index (χ1n) is 12.5. The van der Waals surface area contributed by atoms with Crippen LogP contribution in [0.2, 0.25) is 0 Å². The standard InChI is InChI=1S/C24H30N2O2.C4H10.C2H6/c1-8-9-12-21-13-10-11-14-22(21)19(4)25(20(5)27)23-15-18(3)24(16-17(23)2)26(6,7)28;1-3-4-2;1-2/h10-11,13-16,19H,8H2,1-7H3;3-4H2,1-2H3;1-2H3/t19-;;/m1../s1. The molecule has 0 N–H and O–H groups in total. The summed E-state index contributed by atoms with van der Waals surface area (Å²) in [7, 11) is 3.21. The summed E-state index contributed by atoms with van der Waals surface area (Å²) in [5.74, 6) is 6.29. The van der Waals surface area contributed by atoms with Crippen LogP contribution in [0.3, 0.4) is 0 Å². The van der Waals surface area contributed by atoms with Gasteiger partial charge in [0.25, 0.3) is 0 Å². The number of hydrogen-bond acceptors (Lipinski definition) is 2. The van der Waals surface area contributed by atoms with Gasteiger partial charge in [0.1, 0.15) is 5.69 Å². The van der Waals surface area contributed by atoms with Gasteiger partial charge >= 0.3 is 0 Å². The van der Waals surface area contributed by atoms with Crippen molar-refractivity contribution in [2.45, 2.75) is 87.6 Å². The van der Waals surface area contributed by atoms with Gasteiger partial charge in [-0.05, 0) is 44.0 Å². The van der Waals surface area contributed by atoms with Crippen molar-refractivity contribution in [1.82, 2.24) is 4.65 Å². The predicted octanol–water partition coefficient (Wildman–Crippen LogP) is 8.08. The first kappa shape index (κ1) is 31.4. The molecule has 0 fully saturated rings. The van der Waals surface area contributed by atoms with Crippen LogP contribution in [0.4, 0.5) is 11.4 Å². The van der Waals surface area contributed by atoms with Gasteiger partial charge in [-0.1, -0.05) is 77.5 Å². The van der Waals surface area contributed by atoms with Gasteiger partial charge in [0.05, 0.1) is 20.1 Å². The quantitative estimate of drug-likeness (QED) is 0.254. The van der Waals surface area contributed by atoms with Crippen molar-refractivity contribution in [1.29, 1.82) is 0 Å². The maximum Gasteiger partial charge on any atom is 0.224 e. The molecule has 34 heavy (non-hydrogen) atoms. The van der Waals surface area contributed by atoms with Crippen LogP contribution in [0.15, 0.2) is 36.4 Å². The molecule has 1 amide bonds. The topological polar surface area (TPSA) is 43.4 Å². The Hall–Kier alpha value is -2.61. The highest BCUT2D eigenvalue weighted by atomic mass is 16.5. The monoisotopic (exact) mass is 466 g/mol. The third-order valence-electron chi connectivity index (χ3n) is 5.39. The van der Waals surface area contributed by atoms with Crippen molar-refractivity contribution in [2.24, 2.45) is 0 Å². The van der Waals surface area contributed by atoms with Gasteiger partial charge in [-0.3, -0.25) is 4.79 Å². The smallest absolute Gasteiger partial charge is 0.224 e. The number of nitrogens with zero attached hydrogens (tertiary/aromatic N) is 2. The fraction of sp³-hybridized carbons (Fsp3) is 0.500. The molecule has 0 aliphatic rings. The summed E-state index contributed by atoms with van der Waals surface area (Å²) in [5.41, 5.74) is 5.26. The van der Waals surface area contributed by atoms with E-state index >= 15 is 0 Å². The summed E-state index contributed by atoms with van der Waals surface area (Å²) in [4.78, 5) is 14.4. The van der Waals surface area contributed by atoms with E-state index in [0.717, 1.165) is 34.4 Å². The van der Waals surface area contributed by atoms with E-state index in [9.17, 15) is 10.0 Å². The summed E-state index contributed by atoms with van der Waals surface area (Å²) < 4.78 is -0.502. The molecule has 0 radical (unpaired) electrons. The lowest BCUT2D eigenvalue weighted by Crippen LogP contribution is -2.35. The lowest BCUT2D eigenvalue weighted by Gasteiger charge is -2.36. The predicted molar refractivity (Wildman–Crippen MR) is 150 cm³/mol. The number of rotatable bonds is 5. The van der Waals surface area contributed by atoms with E-state index in [-0.39, 0.29) is 11.9 Å². The molecule has 0 aromatic heterocycles. The van der Waals surface area contributed by atoms with E-state index in [1.807, 2.05) is 77.9 Å². The molecule has 0 aliphatic carbocycles. The molecule has 0 heterocycles. The van der Waals surface area contributed by atoms with Gasteiger partial charge in [-0.15, -0.1) is 0 Å². The Bertz CT molecular complexity index is 960. The van der Waals surface area contributed by atoms with Crippen LogP contribution in [0, 0.1) is 30.9 Å². The summed E-state index contributed by atoms with van der Waals surface area (Å²) in [5, 5.41) is 12.4. The van der Waals surface area contributed by atoms with Gasteiger partial charge in [0, 0.05) is 36.2 Å². The molecule has 0 unspecified atom stereocenters. The van der Waals surface area contributed by atoms with Crippen molar-refractivity contribution < 1.29 is 4.79 Å². The number of hydroxylamine groups is 2. The summed E-state index contributed by atoms with van der Waals surface area (Å²) in [6, 6.07) is 11.6. The number of carbonyl (C=O) groups is 1. The van der Waals surface area contributed by atoms with Gasteiger partial charge < -0.3 is 14.8 Å². The Morgan fingerprint density at radius 3 is 2.06 bits per heavy atom. The van der Waals surface area contributed by atoms with E-state index in [1.54, 1.807) is 25.9 Å². The number of anilines is 1. The molecule has 2 aromatic carbocycles. The molecule has 4 heteroatoms. The van der Waals surface area contributed by atoms with Crippen LogP contribution in [0.25, 0.3) is 0 Å². The Balaban J connectivity index is 0.00000164. The third-order valence-corrected chi connectivity index (χ3v) is 5.39. The molecule has 4 nitrogen and oxygen atoms in total. The third kappa shape index (κ3) is 8.97. The van der Waals surface area contributed by atoms with E-state index in [4.69, 9.17) is 0 Å².